The van der Waals surface area contributed by atoms with Crippen molar-refractivity contribution in [2.45, 2.75) is 12.8 Å². The number of methoxy groups -OCH3 is 1. The van der Waals surface area contributed by atoms with Crippen LogP contribution in [0.5, 0.6) is 5.75 Å². The average molecular weight is 390 g/mol. The number of ketones is 1. The van der Waals surface area contributed by atoms with Crippen LogP contribution >= 0.6 is 22.6 Å². The summed E-state index contributed by atoms with van der Waals surface area (Å²) in [6.07, 6.45) is 3.68. The molecule has 0 aliphatic heterocycles. The first-order chi connectivity index (χ1) is 10.2. The minimum absolute atomic E-state index is 0.137. The first-order valence-electron chi connectivity index (χ1n) is 6.85. The van der Waals surface area contributed by atoms with Crippen molar-refractivity contribution >= 4 is 34.5 Å². The predicted octanol–water partition coefficient (Wildman–Crippen LogP) is 4.51. The number of ether oxygens (including phenoxy) is 1. The van der Waals surface area contributed by atoms with Gasteiger partial charge in [-0.2, -0.15) is 0 Å². The summed E-state index contributed by atoms with van der Waals surface area (Å²) in [6, 6.07) is 13.9. The van der Waals surface area contributed by atoms with Crippen LogP contribution in [-0.2, 0) is 6.42 Å². The number of hydrogen-bond acceptors (Lipinski definition) is 2. The lowest BCUT2D eigenvalue weighted by Crippen LogP contribution is -2.14. The van der Waals surface area contributed by atoms with Crippen LogP contribution in [0.1, 0.15) is 27.9 Å². The Hall–Kier alpha value is -1.62. The van der Waals surface area contributed by atoms with Gasteiger partial charge in [0.15, 0.2) is 5.78 Å². The average Bonchev–Trinajstić information content (AvgIpc) is 2.50. The maximum Gasteiger partial charge on any atom is 0.189 e. The highest BCUT2D eigenvalue weighted by molar-refractivity contribution is 14.1. The number of hydrogen-bond donors (Lipinski definition) is 0. The number of carbonyl (C=O) groups excluding carboxylic acids is 1. The fourth-order valence-electron chi connectivity index (χ4n) is 2.62. The van der Waals surface area contributed by atoms with E-state index in [-0.39, 0.29) is 5.78 Å². The van der Waals surface area contributed by atoms with Crippen LogP contribution in [0.2, 0.25) is 0 Å². The van der Waals surface area contributed by atoms with E-state index < -0.39 is 0 Å². The van der Waals surface area contributed by atoms with Crippen LogP contribution in [0.15, 0.2) is 48.0 Å². The smallest absolute Gasteiger partial charge is 0.189 e. The fourth-order valence-corrected chi connectivity index (χ4v) is 3.18. The standard InChI is InChI=1S/C18H15IO2/c1-21-16-7-8-17-13(11-16)5-6-14(18(17)20)9-12-3-2-4-15(19)10-12/h2-4,7-11H,5-6H2,1H3/b14-9+. The van der Waals surface area contributed by atoms with Gasteiger partial charge >= 0.3 is 0 Å². The molecule has 2 aromatic carbocycles. The summed E-state index contributed by atoms with van der Waals surface area (Å²) >= 11 is 2.28. The van der Waals surface area contributed by atoms with Gasteiger partial charge in [-0.3, -0.25) is 4.79 Å². The highest BCUT2D eigenvalue weighted by atomic mass is 127. The summed E-state index contributed by atoms with van der Waals surface area (Å²) in [7, 11) is 1.65. The van der Waals surface area contributed by atoms with E-state index in [1.165, 1.54) is 3.57 Å². The summed E-state index contributed by atoms with van der Waals surface area (Å²) in [5.41, 5.74) is 3.86. The lowest BCUT2D eigenvalue weighted by molar-refractivity contribution is 0.102. The predicted molar refractivity (Wildman–Crippen MR) is 92.8 cm³/mol. The van der Waals surface area contributed by atoms with Crippen LogP contribution in [0, 0.1) is 3.57 Å². The molecule has 3 heteroatoms. The van der Waals surface area contributed by atoms with E-state index in [0.717, 1.165) is 40.9 Å². The molecule has 1 aliphatic carbocycles. The lowest BCUT2D eigenvalue weighted by atomic mass is 9.86. The second-order valence-electron chi connectivity index (χ2n) is 5.08. The van der Waals surface area contributed by atoms with Crippen LogP contribution in [-0.4, -0.2) is 12.9 Å². The second kappa shape index (κ2) is 6.02. The van der Waals surface area contributed by atoms with Gasteiger partial charge in [0.1, 0.15) is 5.75 Å². The van der Waals surface area contributed by atoms with Crippen LogP contribution in [0.25, 0.3) is 6.08 Å². The Labute approximate surface area is 138 Å². The highest BCUT2D eigenvalue weighted by Crippen LogP contribution is 2.29. The zero-order valence-corrected chi connectivity index (χ0v) is 13.9. The molecule has 2 aromatic rings. The third-order valence-corrected chi connectivity index (χ3v) is 4.37. The van der Waals surface area contributed by atoms with E-state index in [1.807, 2.05) is 42.5 Å². The lowest BCUT2D eigenvalue weighted by Gasteiger charge is -2.18. The van der Waals surface area contributed by atoms with Crippen molar-refractivity contribution in [3.05, 3.63) is 68.3 Å². The Kier molecular flexibility index (Phi) is 4.10. The molecule has 0 heterocycles. The van der Waals surface area contributed by atoms with Gasteiger partial charge in [0.25, 0.3) is 0 Å². The summed E-state index contributed by atoms with van der Waals surface area (Å²) in [5, 5.41) is 0. The third kappa shape index (κ3) is 3.02. The first kappa shape index (κ1) is 14.3. The number of aryl methyl sites for hydroxylation is 1. The van der Waals surface area contributed by atoms with Crippen LogP contribution < -0.4 is 4.74 Å². The second-order valence-corrected chi connectivity index (χ2v) is 6.32. The minimum atomic E-state index is 0.137. The molecule has 0 saturated heterocycles. The van der Waals surface area contributed by atoms with Crippen molar-refractivity contribution in [2.24, 2.45) is 0 Å². The van der Waals surface area contributed by atoms with Crippen molar-refractivity contribution in [3.8, 4) is 5.75 Å². The van der Waals surface area contributed by atoms with E-state index in [0.29, 0.717) is 0 Å². The van der Waals surface area contributed by atoms with Gasteiger partial charge in [-0.25, -0.2) is 0 Å². The molecule has 1 aliphatic rings. The number of allylic oxidation sites excluding steroid dienone is 1. The molecule has 2 nitrogen and oxygen atoms in total. The van der Waals surface area contributed by atoms with Gasteiger partial charge in [0.05, 0.1) is 7.11 Å². The summed E-state index contributed by atoms with van der Waals surface area (Å²) in [5.74, 6) is 0.948. The zero-order valence-electron chi connectivity index (χ0n) is 11.7. The highest BCUT2D eigenvalue weighted by Gasteiger charge is 2.22. The zero-order chi connectivity index (χ0) is 14.8. The molecule has 0 N–H and O–H groups in total. The van der Waals surface area contributed by atoms with Crippen molar-refractivity contribution in [1.29, 1.82) is 0 Å². The molecular formula is C18H15IO2. The first-order valence-corrected chi connectivity index (χ1v) is 7.93. The van der Waals surface area contributed by atoms with E-state index >= 15 is 0 Å². The van der Waals surface area contributed by atoms with Crippen molar-refractivity contribution in [2.75, 3.05) is 7.11 Å². The van der Waals surface area contributed by atoms with Crippen LogP contribution in [0.4, 0.5) is 0 Å². The van der Waals surface area contributed by atoms with E-state index in [4.69, 9.17) is 4.74 Å². The number of Topliss-reactive ketones (excluding diaryl/α,β-unsaturated/α-hetero) is 1. The van der Waals surface area contributed by atoms with Crippen molar-refractivity contribution in [3.63, 3.8) is 0 Å². The number of rotatable bonds is 2. The Morgan fingerprint density at radius 1 is 1.14 bits per heavy atom. The normalized spacial score (nSPS) is 15.9. The van der Waals surface area contributed by atoms with Gasteiger partial charge in [0.2, 0.25) is 0 Å². The molecular weight excluding hydrogens is 375 g/mol. The van der Waals surface area contributed by atoms with Gasteiger partial charge in [-0.05, 0) is 83.0 Å². The molecule has 0 fully saturated rings. The summed E-state index contributed by atoms with van der Waals surface area (Å²) < 4.78 is 6.40. The summed E-state index contributed by atoms with van der Waals surface area (Å²) in [6.45, 7) is 0. The number of fused-ring (bicyclic) bond motifs is 1. The van der Waals surface area contributed by atoms with Gasteiger partial charge in [-0.1, -0.05) is 12.1 Å². The van der Waals surface area contributed by atoms with Crippen molar-refractivity contribution < 1.29 is 9.53 Å². The van der Waals surface area contributed by atoms with E-state index in [9.17, 15) is 4.79 Å². The molecule has 0 saturated carbocycles. The monoisotopic (exact) mass is 390 g/mol. The molecule has 0 bridgehead atoms. The van der Waals surface area contributed by atoms with Crippen molar-refractivity contribution in [1.82, 2.24) is 0 Å². The number of carbonyl (C=O) groups is 1. The Morgan fingerprint density at radius 2 is 2.00 bits per heavy atom. The quantitative estimate of drug-likeness (QED) is 0.557. The largest absolute Gasteiger partial charge is 0.497 e. The fraction of sp³-hybridized carbons (Fsp3) is 0.167. The molecule has 106 valence electrons. The van der Waals surface area contributed by atoms with Gasteiger partial charge in [-0.15, -0.1) is 0 Å². The Balaban J connectivity index is 1.95. The number of benzene rings is 2. The van der Waals surface area contributed by atoms with Gasteiger partial charge in [0, 0.05) is 14.7 Å². The van der Waals surface area contributed by atoms with E-state index in [2.05, 4.69) is 28.7 Å². The Morgan fingerprint density at radius 3 is 2.76 bits per heavy atom. The third-order valence-electron chi connectivity index (χ3n) is 3.70. The molecule has 0 aromatic heterocycles. The molecule has 0 spiro atoms. The topological polar surface area (TPSA) is 26.3 Å². The molecule has 0 radical (unpaired) electrons. The Bertz CT molecular complexity index is 732. The minimum Gasteiger partial charge on any atom is -0.497 e. The number of halogens is 1. The molecule has 3 rings (SSSR count). The molecule has 21 heavy (non-hydrogen) atoms. The molecule has 0 atom stereocenters. The van der Waals surface area contributed by atoms with Gasteiger partial charge < -0.3 is 4.74 Å². The molecule has 0 unspecified atom stereocenters. The van der Waals surface area contributed by atoms with E-state index in [1.54, 1.807) is 7.11 Å². The summed E-state index contributed by atoms with van der Waals surface area (Å²) in [4.78, 5) is 12.6. The van der Waals surface area contributed by atoms with Crippen LogP contribution in [0.3, 0.4) is 0 Å². The molecule has 0 amide bonds. The maximum absolute atomic E-state index is 12.6. The maximum atomic E-state index is 12.6. The SMILES string of the molecule is COc1ccc2c(c1)CC/C(=C\c1cccc(I)c1)C2=O.